The number of thiazole rings is 1. The van der Waals surface area contributed by atoms with Gasteiger partial charge in [0.2, 0.25) is 0 Å². The molecule has 0 spiro atoms. The van der Waals surface area contributed by atoms with Crippen LogP contribution in [0.3, 0.4) is 0 Å². The van der Waals surface area contributed by atoms with Crippen molar-refractivity contribution in [2.75, 3.05) is 0 Å². The van der Waals surface area contributed by atoms with Crippen LogP contribution in [0, 0.1) is 0 Å². The average molecular weight is 380 g/mol. The van der Waals surface area contributed by atoms with Gasteiger partial charge in [-0.15, -0.1) is 11.3 Å². The van der Waals surface area contributed by atoms with Crippen LogP contribution in [-0.4, -0.2) is 22.2 Å². The van der Waals surface area contributed by atoms with Crippen LogP contribution in [-0.2, 0) is 17.6 Å². The van der Waals surface area contributed by atoms with Crippen LogP contribution in [0.4, 0.5) is 0 Å². The number of carbonyl (C=O) groups is 2. The van der Waals surface area contributed by atoms with E-state index in [-0.39, 0.29) is 0 Å². The predicted octanol–water partition coefficient (Wildman–Crippen LogP) is 4.83. The standard InChI is InChI=1S/C12H13N3OS.C4H8O.2C2H6/c1-2-11-15-9(7-17-11)5-8-3-4-14-10(6-8)12(13)16;1-2-3-4-5;2*1-2/h3-4,6-7H,2,5H2,1H3,(H2,13,16);4H,2-3H2,1H3;2*1-2H3. The molecule has 0 atom stereocenters. The Hall–Kier alpha value is -2.08. The number of primary amides is 1. The first kappa shape index (κ1) is 26.2. The van der Waals surface area contributed by atoms with E-state index < -0.39 is 5.91 Å². The highest BCUT2D eigenvalue weighted by atomic mass is 32.1. The van der Waals surface area contributed by atoms with Crippen LogP contribution in [0.5, 0.6) is 0 Å². The molecule has 0 unspecified atom stereocenters. The lowest BCUT2D eigenvalue weighted by molar-refractivity contribution is -0.107. The fourth-order valence-corrected chi connectivity index (χ4v) is 2.38. The van der Waals surface area contributed by atoms with Gasteiger partial charge in [-0.05, 0) is 30.5 Å². The van der Waals surface area contributed by atoms with E-state index in [1.807, 2.05) is 46.1 Å². The lowest BCUT2D eigenvalue weighted by Gasteiger charge is -2.00. The lowest BCUT2D eigenvalue weighted by Crippen LogP contribution is -2.13. The van der Waals surface area contributed by atoms with E-state index in [1.165, 1.54) is 0 Å². The Morgan fingerprint density at radius 1 is 1.23 bits per heavy atom. The van der Waals surface area contributed by atoms with Crippen molar-refractivity contribution in [3.05, 3.63) is 45.7 Å². The van der Waals surface area contributed by atoms with E-state index in [1.54, 1.807) is 23.6 Å². The van der Waals surface area contributed by atoms with Crippen LogP contribution < -0.4 is 5.73 Å². The fourth-order valence-electron chi connectivity index (χ4n) is 1.64. The maximum Gasteiger partial charge on any atom is 0.267 e. The van der Waals surface area contributed by atoms with E-state index in [2.05, 4.69) is 16.9 Å². The molecule has 2 aromatic heterocycles. The number of hydrogen-bond donors (Lipinski definition) is 1. The average Bonchev–Trinajstić information content (AvgIpc) is 3.14. The van der Waals surface area contributed by atoms with E-state index in [9.17, 15) is 9.59 Å². The zero-order chi connectivity index (χ0) is 20.4. The third-order valence-corrected chi connectivity index (χ3v) is 3.81. The Morgan fingerprint density at radius 3 is 2.31 bits per heavy atom. The lowest BCUT2D eigenvalue weighted by atomic mass is 10.1. The zero-order valence-electron chi connectivity index (χ0n) is 16.9. The summed E-state index contributed by atoms with van der Waals surface area (Å²) < 4.78 is 0. The molecule has 2 N–H and O–H groups in total. The summed E-state index contributed by atoms with van der Waals surface area (Å²) in [5, 5.41) is 3.17. The first-order chi connectivity index (χ1) is 12.6. The van der Waals surface area contributed by atoms with Crippen LogP contribution in [0.1, 0.15) is 81.1 Å². The summed E-state index contributed by atoms with van der Waals surface area (Å²) in [5.41, 5.74) is 7.51. The summed E-state index contributed by atoms with van der Waals surface area (Å²) in [6, 6.07) is 3.59. The molecule has 0 aliphatic heterocycles. The maximum absolute atomic E-state index is 11.0. The Kier molecular flexibility index (Phi) is 17.8. The third kappa shape index (κ3) is 11.5. The number of pyridine rings is 1. The second kappa shape index (κ2) is 17.7. The summed E-state index contributed by atoms with van der Waals surface area (Å²) in [7, 11) is 0. The van der Waals surface area contributed by atoms with Gasteiger partial charge >= 0.3 is 0 Å². The summed E-state index contributed by atoms with van der Waals surface area (Å²) in [6.45, 7) is 12.1. The van der Waals surface area contributed by atoms with Crippen LogP contribution in [0.25, 0.3) is 0 Å². The van der Waals surface area contributed by atoms with Crippen LogP contribution >= 0.6 is 11.3 Å². The second-order valence-corrected chi connectivity index (χ2v) is 5.57. The molecule has 0 aliphatic rings. The largest absolute Gasteiger partial charge is 0.364 e. The van der Waals surface area contributed by atoms with Crippen molar-refractivity contribution in [1.29, 1.82) is 0 Å². The first-order valence-electron chi connectivity index (χ1n) is 9.22. The Labute approximate surface area is 162 Å². The molecule has 0 bridgehead atoms. The number of aromatic nitrogens is 2. The number of amides is 1. The SMILES string of the molecule is CC.CC.CCCC=O.CCc1nc(Cc2ccnc(C(N)=O)c2)cs1. The maximum atomic E-state index is 11.0. The molecule has 2 heterocycles. The highest BCUT2D eigenvalue weighted by Crippen LogP contribution is 2.14. The minimum atomic E-state index is -0.501. The number of nitrogens with zero attached hydrogens (tertiary/aromatic N) is 2. The molecule has 0 aliphatic carbocycles. The first-order valence-corrected chi connectivity index (χ1v) is 10.1. The van der Waals surface area contributed by atoms with Gasteiger partial charge in [0.15, 0.2) is 0 Å². The van der Waals surface area contributed by atoms with Crippen molar-refractivity contribution in [1.82, 2.24) is 9.97 Å². The highest BCUT2D eigenvalue weighted by molar-refractivity contribution is 7.09. The summed E-state index contributed by atoms with van der Waals surface area (Å²) in [4.78, 5) is 28.8. The zero-order valence-corrected chi connectivity index (χ0v) is 17.7. The van der Waals surface area contributed by atoms with Crippen molar-refractivity contribution in [2.45, 2.75) is 67.2 Å². The molecular formula is C20H33N3O2S. The molecule has 146 valence electrons. The molecule has 5 nitrogen and oxygen atoms in total. The predicted molar refractivity (Wildman–Crippen MR) is 111 cm³/mol. The number of hydrogen-bond acceptors (Lipinski definition) is 5. The van der Waals surface area contributed by atoms with E-state index >= 15 is 0 Å². The number of rotatable bonds is 6. The van der Waals surface area contributed by atoms with E-state index in [0.29, 0.717) is 18.5 Å². The van der Waals surface area contributed by atoms with Gasteiger partial charge in [0.1, 0.15) is 12.0 Å². The van der Waals surface area contributed by atoms with Crippen molar-refractivity contribution in [3.63, 3.8) is 0 Å². The molecule has 6 heteroatoms. The normalized spacial score (nSPS) is 8.69. The fraction of sp³-hybridized carbons (Fsp3) is 0.500. The number of unbranched alkanes of at least 4 members (excludes halogenated alkanes) is 1. The molecule has 2 rings (SSSR count). The Bertz CT molecular complexity index is 613. The molecule has 0 saturated heterocycles. The smallest absolute Gasteiger partial charge is 0.267 e. The summed E-state index contributed by atoms with van der Waals surface area (Å²) in [6.07, 6.45) is 5.87. The molecule has 0 radical (unpaired) electrons. The van der Waals surface area contributed by atoms with Crippen LogP contribution in [0.15, 0.2) is 23.7 Å². The molecule has 26 heavy (non-hydrogen) atoms. The quantitative estimate of drug-likeness (QED) is 0.728. The number of carbonyl (C=O) groups excluding carboxylic acids is 2. The van der Waals surface area contributed by atoms with Crippen molar-refractivity contribution < 1.29 is 9.59 Å². The Balaban J connectivity index is 0. The van der Waals surface area contributed by atoms with Crippen molar-refractivity contribution in [3.8, 4) is 0 Å². The second-order valence-electron chi connectivity index (χ2n) is 4.63. The van der Waals surface area contributed by atoms with Gasteiger partial charge in [0.05, 0.1) is 10.7 Å². The van der Waals surface area contributed by atoms with Gasteiger partial charge in [0, 0.05) is 24.4 Å². The topological polar surface area (TPSA) is 85.9 Å². The van der Waals surface area contributed by atoms with Gasteiger partial charge in [0.25, 0.3) is 5.91 Å². The van der Waals surface area contributed by atoms with Gasteiger partial charge < -0.3 is 10.5 Å². The van der Waals surface area contributed by atoms with Gasteiger partial charge in [-0.2, -0.15) is 0 Å². The Morgan fingerprint density at radius 2 is 1.88 bits per heavy atom. The van der Waals surface area contributed by atoms with E-state index in [0.717, 1.165) is 35.4 Å². The van der Waals surface area contributed by atoms with Gasteiger partial charge in [-0.1, -0.05) is 41.5 Å². The molecule has 0 saturated carbocycles. The molecule has 2 aromatic rings. The third-order valence-electron chi connectivity index (χ3n) is 2.77. The highest BCUT2D eigenvalue weighted by Gasteiger charge is 2.05. The van der Waals surface area contributed by atoms with Crippen molar-refractivity contribution >= 4 is 23.5 Å². The molecule has 0 fully saturated rings. The minimum absolute atomic E-state index is 0.299. The van der Waals surface area contributed by atoms with Gasteiger partial charge in [-0.25, -0.2) is 4.98 Å². The molecule has 1 amide bonds. The molecule has 0 aromatic carbocycles. The minimum Gasteiger partial charge on any atom is -0.364 e. The monoisotopic (exact) mass is 379 g/mol. The molecular weight excluding hydrogens is 346 g/mol. The van der Waals surface area contributed by atoms with Gasteiger partial charge in [-0.3, -0.25) is 9.78 Å². The van der Waals surface area contributed by atoms with E-state index in [4.69, 9.17) is 5.73 Å². The number of aldehydes is 1. The summed E-state index contributed by atoms with van der Waals surface area (Å²) >= 11 is 1.66. The van der Waals surface area contributed by atoms with Crippen LogP contribution in [0.2, 0.25) is 0 Å². The number of nitrogens with two attached hydrogens (primary N) is 1. The summed E-state index contributed by atoms with van der Waals surface area (Å²) in [5.74, 6) is -0.501. The number of aryl methyl sites for hydroxylation is 1. The van der Waals surface area contributed by atoms with Crippen molar-refractivity contribution in [2.24, 2.45) is 5.73 Å².